The Morgan fingerprint density at radius 3 is 1.80 bits per heavy atom. The number of rotatable bonds is 5. The maximum atomic E-state index is 11.0. The van der Waals surface area contributed by atoms with Gasteiger partial charge < -0.3 is 5.32 Å². The predicted octanol–water partition coefficient (Wildman–Crippen LogP) is 3.98. The quantitative estimate of drug-likeness (QED) is 0.874. The molecule has 0 fully saturated rings. The van der Waals surface area contributed by atoms with Crippen LogP contribution in [-0.2, 0) is 4.79 Å². The third-order valence-corrected chi connectivity index (χ3v) is 3.21. The van der Waals surface area contributed by atoms with Crippen LogP contribution >= 0.6 is 0 Å². The molecule has 0 aromatic heterocycles. The number of amides is 1. The maximum absolute atomic E-state index is 11.0. The van der Waals surface area contributed by atoms with E-state index < -0.39 is 0 Å². The highest BCUT2D eigenvalue weighted by Gasteiger charge is 2.13. The summed E-state index contributed by atoms with van der Waals surface area (Å²) in [4.78, 5) is 11.0. The Labute approximate surface area is 121 Å². The molecule has 2 aromatic carbocycles. The molecule has 1 amide bonds. The van der Waals surface area contributed by atoms with Crippen molar-refractivity contribution in [3.05, 3.63) is 71.8 Å². The lowest BCUT2D eigenvalue weighted by atomic mass is 9.88. The highest BCUT2D eigenvalue weighted by atomic mass is 16.1. The van der Waals surface area contributed by atoms with Gasteiger partial charge in [0.15, 0.2) is 0 Å². The van der Waals surface area contributed by atoms with Gasteiger partial charge in [-0.2, -0.15) is 0 Å². The van der Waals surface area contributed by atoms with E-state index in [9.17, 15) is 4.79 Å². The lowest BCUT2D eigenvalue weighted by Crippen LogP contribution is -2.22. The number of hydrogen-bond donors (Lipinski definition) is 1. The number of hydrogen-bond acceptors (Lipinski definition) is 1. The van der Waals surface area contributed by atoms with Gasteiger partial charge in [-0.25, -0.2) is 0 Å². The zero-order chi connectivity index (χ0) is 13.5. The Balaban J connectivity index is 0.00000200. The van der Waals surface area contributed by atoms with Crippen LogP contribution in [-0.4, -0.2) is 12.5 Å². The molecule has 0 bridgehead atoms. The van der Waals surface area contributed by atoms with E-state index in [-0.39, 0.29) is 13.3 Å². The van der Waals surface area contributed by atoms with Gasteiger partial charge in [0.2, 0.25) is 5.91 Å². The fraction of sp³-hybridized carbons (Fsp3) is 0.278. The first-order valence-electron chi connectivity index (χ1n) is 6.61. The van der Waals surface area contributed by atoms with Crippen molar-refractivity contribution >= 4 is 5.91 Å². The maximum Gasteiger partial charge on any atom is 0.216 e. The zero-order valence-electron chi connectivity index (χ0n) is 11.2. The topological polar surface area (TPSA) is 29.1 Å². The van der Waals surface area contributed by atoms with Gasteiger partial charge in [0.05, 0.1) is 0 Å². The van der Waals surface area contributed by atoms with Crippen molar-refractivity contribution in [3.8, 4) is 0 Å². The van der Waals surface area contributed by atoms with Crippen molar-refractivity contribution in [2.75, 3.05) is 6.54 Å². The SMILES string of the molecule is C.CC(=O)NCCC(c1ccccc1)c1ccccc1. The second-order valence-corrected chi connectivity index (χ2v) is 4.65. The van der Waals surface area contributed by atoms with E-state index in [0.717, 1.165) is 6.42 Å². The molecule has 1 N–H and O–H groups in total. The van der Waals surface area contributed by atoms with Gasteiger partial charge in [0.1, 0.15) is 0 Å². The van der Waals surface area contributed by atoms with Gasteiger partial charge in [-0.3, -0.25) is 4.79 Å². The Morgan fingerprint density at radius 2 is 1.40 bits per heavy atom. The molecule has 0 atom stereocenters. The first kappa shape index (κ1) is 16.0. The summed E-state index contributed by atoms with van der Waals surface area (Å²) in [6, 6.07) is 20.9. The summed E-state index contributed by atoms with van der Waals surface area (Å²) in [5.74, 6) is 0.356. The Kier molecular flexibility index (Phi) is 6.51. The molecule has 0 saturated carbocycles. The summed E-state index contributed by atoms with van der Waals surface area (Å²) in [6.07, 6.45) is 0.910. The molecular weight excluding hydrogens is 246 g/mol. The van der Waals surface area contributed by atoms with Crippen LogP contribution in [0.2, 0.25) is 0 Å². The van der Waals surface area contributed by atoms with Gasteiger partial charge in [-0.1, -0.05) is 68.1 Å². The third-order valence-electron chi connectivity index (χ3n) is 3.21. The first-order chi connectivity index (χ1) is 9.27. The van der Waals surface area contributed by atoms with Crippen molar-refractivity contribution < 1.29 is 4.79 Å². The highest BCUT2D eigenvalue weighted by Crippen LogP contribution is 2.27. The lowest BCUT2D eigenvalue weighted by Gasteiger charge is -2.18. The molecule has 0 saturated heterocycles. The van der Waals surface area contributed by atoms with Crippen LogP contribution in [0.5, 0.6) is 0 Å². The molecule has 0 heterocycles. The van der Waals surface area contributed by atoms with Crippen molar-refractivity contribution in [2.45, 2.75) is 26.7 Å². The number of carbonyl (C=O) groups is 1. The Morgan fingerprint density at radius 1 is 0.950 bits per heavy atom. The number of nitrogens with one attached hydrogen (secondary N) is 1. The average Bonchev–Trinajstić information content (AvgIpc) is 2.45. The second-order valence-electron chi connectivity index (χ2n) is 4.65. The summed E-state index contributed by atoms with van der Waals surface area (Å²) < 4.78 is 0. The van der Waals surface area contributed by atoms with Gasteiger partial charge in [-0.05, 0) is 17.5 Å². The van der Waals surface area contributed by atoms with Gasteiger partial charge in [0, 0.05) is 19.4 Å². The normalized spacial score (nSPS) is 9.90. The van der Waals surface area contributed by atoms with E-state index >= 15 is 0 Å². The molecular formula is C18H23NO. The van der Waals surface area contributed by atoms with Gasteiger partial charge in [-0.15, -0.1) is 0 Å². The number of carbonyl (C=O) groups excluding carboxylic acids is 1. The molecule has 0 aliphatic heterocycles. The summed E-state index contributed by atoms with van der Waals surface area (Å²) in [5.41, 5.74) is 2.58. The molecule has 0 aliphatic carbocycles. The fourth-order valence-electron chi connectivity index (χ4n) is 2.29. The van der Waals surface area contributed by atoms with Crippen LogP contribution in [0.4, 0.5) is 0 Å². The van der Waals surface area contributed by atoms with Gasteiger partial charge in [0.25, 0.3) is 0 Å². The van der Waals surface area contributed by atoms with Crippen LogP contribution in [0, 0.1) is 0 Å². The molecule has 2 rings (SSSR count). The Hall–Kier alpha value is -2.09. The van der Waals surface area contributed by atoms with Crippen molar-refractivity contribution in [2.24, 2.45) is 0 Å². The molecule has 2 heteroatoms. The van der Waals surface area contributed by atoms with E-state index in [2.05, 4.69) is 53.8 Å². The second kappa shape index (κ2) is 8.16. The molecule has 2 nitrogen and oxygen atoms in total. The van der Waals surface area contributed by atoms with Gasteiger partial charge >= 0.3 is 0 Å². The molecule has 0 radical (unpaired) electrons. The van der Waals surface area contributed by atoms with E-state index in [1.165, 1.54) is 11.1 Å². The third kappa shape index (κ3) is 4.54. The summed E-state index contributed by atoms with van der Waals surface area (Å²) in [7, 11) is 0. The predicted molar refractivity (Wildman–Crippen MR) is 84.8 cm³/mol. The van der Waals surface area contributed by atoms with Crippen molar-refractivity contribution in [1.29, 1.82) is 0 Å². The molecule has 0 aliphatic rings. The molecule has 106 valence electrons. The lowest BCUT2D eigenvalue weighted by molar-refractivity contribution is -0.118. The minimum atomic E-state index is 0. The number of benzene rings is 2. The summed E-state index contributed by atoms with van der Waals surface area (Å²) >= 11 is 0. The largest absolute Gasteiger partial charge is 0.356 e. The van der Waals surface area contributed by atoms with E-state index in [1.54, 1.807) is 6.92 Å². The van der Waals surface area contributed by atoms with Crippen LogP contribution in [0.25, 0.3) is 0 Å². The molecule has 0 unspecified atom stereocenters. The Bertz CT molecular complexity index is 468. The highest BCUT2D eigenvalue weighted by molar-refractivity contribution is 5.72. The van der Waals surface area contributed by atoms with Crippen LogP contribution in [0.15, 0.2) is 60.7 Å². The monoisotopic (exact) mass is 269 g/mol. The van der Waals surface area contributed by atoms with E-state index in [1.807, 2.05) is 12.1 Å². The summed E-state index contributed by atoms with van der Waals surface area (Å²) in [6.45, 7) is 2.25. The fourth-order valence-corrected chi connectivity index (χ4v) is 2.29. The summed E-state index contributed by atoms with van der Waals surface area (Å²) in [5, 5.41) is 2.88. The first-order valence-corrected chi connectivity index (χ1v) is 6.61. The van der Waals surface area contributed by atoms with Crippen LogP contribution < -0.4 is 5.32 Å². The molecule has 20 heavy (non-hydrogen) atoms. The standard InChI is InChI=1S/C17H19NO.CH4/c1-14(19)18-13-12-17(15-8-4-2-5-9-15)16-10-6-3-7-11-16;/h2-11,17H,12-13H2,1H3,(H,18,19);1H4. The van der Waals surface area contributed by atoms with E-state index in [0.29, 0.717) is 12.5 Å². The smallest absolute Gasteiger partial charge is 0.216 e. The van der Waals surface area contributed by atoms with Crippen molar-refractivity contribution in [1.82, 2.24) is 5.32 Å². The van der Waals surface area contributed by atoms with E-state index in [4.69, 9.17) is 0 Å². The van der Waals surface area contributed by atoms with Crippen LogP contribution in [0.1, 0.15) is 37.8 Å². The minimum absolute atomic E-state index is 0. The zero-order valence-corrected chi connectivity index (χ0v) is 11.2. The molecule has 0 spiro atoms. The van der Waals surface area contributed by atoms with Crippen molar-refractivity contribution in [3.63, 3.8) is 0 Å². The average molecular weight is 269 g/mol. The van der Waals surface area contributed by atoms with Crippen LogP contribution in [0.3, 0.4) is 0 Å². The minimum Gasteiger partial charge on any atom is -0.356 e. The molecule has 2 aromatic rings.